The molecule has 0 saturated carbocycles. The maximum Gasteiger partial charge on any atom is 0.187 e. The van der Waals surface area contributed by atoms with Crippen molar-refractivity contribution in [1.29, 1.82) is 0 Å². The molecule has 2 rings (SSSR count). The average molecular weight is 248 g/mol. The molecular formula is C15H20O3. The molecule has 0 amide bonds. The van der Waals surface area contributed by atoms with E-state index in [1.54, 1.807) is 0 Å². The van der Waals surface area contributed by atoms with Crippen molar-refractivity contribution in [3.05, 3.63) is 48.6 Å². The van der Waals surface area contributed by atoms with Gasteiger partial charge >= 0.3 is 0 Å². The largest absolute Gasteiger partial charge is 0.347 e. The molecule has 0 aromatic heterocycles. The first kappa shape index (κ1) is 13.3. The molecule has 18 heavy (non-hydrogen) atoms. The molecule has 98 valence electrons. The van der Waals surface area contributed by atoms with Gasteiger partial charge in [-0.2, -0.15) is 0 Å². The van der Waals surface area contributed by atoms with Crippen LogP contribution in [0, 0.1) is 5.92 Å². The van der Waals surface area contributed by atoms with Gasteiger partial charge in [0.25, 0.3) is 0 Å². The van der Waals surface area contributed by atoms with Crippen LogP contribution >= 0.6 is 0 Å². The smallest absolute Gasteiger partial charge is 0.187 e. The summed E-state index contributed by atoms with van der Waals surface area (Å²) in [7, 11) is 0. The summed E-state index contributed by atoms with van der Waals surface area (Å²) in [5.41, 5.74) is 1.02. The van der Waals surface area contributed by atoms with Crippen LogP contribution in [0.4, 0.5) is 0 Å². The Morgan fingerprint density at radius 3 is 2.72 bits per heavy atom. The van der Waals surface area contributed by atoms with Gasteiger partial charge in [-0.15, -0.1) is 6.58 Å². The number of hydrogen-bond acceptors (Lipinski definition) is 3. The normalized spacial score (nSPS) is 26.8. The molecule has 3 heteroatoms. The Labute approximate surface area is 108 Å². The second-order valence-electron chi connectivity index (χ2n) is 4.58. The van der Waals surface area contributed by atoms with E-state index in [0.29, 0.717) is 12.5 Å². The average Bonchev–Trinajstić information content (AvgIpc) is 2.87. The van der Waals surface area contributed by atoms with Gasteiger partial charge in [0.05, 0.1) is 6.10 Å². The van der Waals surface area contributed by atoms with Crippen LogP contribution in [-0.2, 0) is 14.2 Å². The molecule has 4 atom stereocenters. The van der Waals surface area contributed by atoms with Crippen LogP contribution in [0.15, 0.2) is 43.0 Å². The number of ether oxygens (including phenoxy) is 3. The molecule has 1 unspecified atom stereocenters. The third-order valence-corrected chi connectivity index (χ3v) is 3.21. The first-order valence-corrected chi connectivity index (χ1v) is 6.30. The molecule has 0 N–H and O–H groups in total. The second kappa shape index (κ2) is 6.14. The Bertz CT molecular complexity index is 377. The van der Waals surface area contributed by atoms with E-state index < -0.39 is 0 Å². The van der Waals surface area contributed by atoms with E-state index >= 15 is 0 Å². The van der Waals surface area contributed by atoms with Crippen LogP contribution < -0.4 is 0 Å². The van der Waals surface area contributed by atoms with Gasteiger partial charge < -0.3 is 14.2 Å². The van der Waals surface area contributed by atoms with Crippen molar-refractivity contribution in [3.8, 4) is 0 Å². The van der Waals surface area contributed by atoms with Crippen molar-refractivity contribution < 1.29 is 14.2 Å². The topological polar surface area (TPSA) is 27.7 Å². The Morgan fingerprint density at radius 1 is 1.33 bits per heavy atom. The Morgan fingerprint density at radius 2 is 2.06 bits per heavy atom. The Balaban J connectivity index is 1.87. The lowest BCUT2D eigenvalue weighted by Gasteiger charge is -2.21. The summed E-state index contributed by atoms with van der Waals surface area (Å²) in [6, 6.07) is 9.89. The third-order valence-electron chi connectivity index (χ3n) is 3.21. The fourth-order valence-electron chi connectivity index (χ4n) is 1.79. The summed E-state index contributed by atoms with van der Waals surface area (Å²) in [4.78, 5) is 0. The van der Waals surface area contributed by atoms with E-state index in [9.17, 15) is 0 Å². The van der Waals surface area contributed by atoms with Gasteiger partial charge in [-0.25, -0.2) is 0 Å². The van der Waals surface area contributed by atoms with Crippen molar-refractivity contribution in [2.45, 2.75) is 32.5 Å². The van der Waals surface area contributed by atoms with Gasteiger partial charge in [0.15, 0.2) is 12.6 Å². The van der Waals surface area contributed by atoms with Crippen LogP contribution in [-0.4, -0.2) is 19.0 Å². The molecule has 1 aromatic carbocycles. The van der Waals surface area contributed by atoms with E-state index in [-0.39, 0.29) is 18.7 Å². The van der Waals surface area contributed by atoms with Crippen LogP contribution in [0.5, 0.6) is 0 Å². The quantitative estimate of drug-likeness (QED) is 0.748. The zero-order chi connectivity index (χ0) is 13.0. The lowest BCUT2D eigenvalue weighted by Crippen LogP contribution is -2.25. The summed E-state index contributed by atoms with van der Waals surface area (Å²) in [6.45, 7) is 8.32. The summed E-state index contributed by atoms with van der Waals surface area (Å²) in [6.07, 6.45) is 1.34. The lowest BCUT2D eigenvalue weighted by atomic mass is 10.1. The maximum atomic E-state index is 5.80. The first-order chi connectivity index (χ1) is 8.70. The van der Waals surface area contributed by atoms with E-state index in [2.05, 4.69) is 13.5 Å². The van der Waals surface area contributed by atoms with Gasteiger partial charge in [-0.3, -0.25) is 0 Å². The molecule has 0 spiro atoms. The number of rotatable bonds is 5. The van der Waals surface area contributed by atoms with Gasteiger partial charge in [0.2, 0.25) is 0 Å². The highest BCUT2D eigenvalue weighted by Crippen LogP contribution is 2.28. The molecule has 1 aliphatic heterocycles. The van der Waals surface area contributed by atoms with Crippen LogP contribution in [0.25, 0.3) is 0 Å². The van der Waals surface area contributed by atoms with Crippen LogP contribution in [0.2, 0.25) is 0 Å². The minimum atomic E-state index is -0.317. The molecule has 1 saturated heterocycles. The minimum absolute atomic E-state index is 0.0747. The molecule has 1 fully saturated rings. The van der Waals surface area contributed by atoms with Gasteiger partial charge in [0, 0.05) is 5.56 Å². The van der Waals surface area contributed by atoms with Crippen LogP contribution in [0.3, 0.4) is 0 Å². The predicted molar refractivity (Wildman–Crippen MR) is 69.9 cm³/mol. The lowest BCUT2D eigenvalue weighted by molar-refractivity contribution is -0.170. The molecule has 1 aliphatic rings. The number of hydrogen-bond donors (Lipinski definition) is 0. The van der Waals surface area contributed by atoms with Crippen molar-refractivity contribution in [2.24, 2.45) is 5.92 Å². The van der Waals surface area contributed by atoms with Crippen molar-refractivity contribution in [3.63, 3.8) is 0 Å². The molecule has 3 nitrogen and oxygen atoms in total. The van der Waals surface area contributed by atoms with Gasteiger partial charge in [0.1, 0.15) is 6.61 Å². The SMILES string of the molecule is C=C[C@@H](C)[C@@H](C)O[C@H]1COC(c2ccccc2)O1. The fraction of sp³-hybridized carbons (Fsp3) is 0.467. The summed E-state index contributed by atoms with van der Waals surface area (Å²) < 4.78 is 17.1. The van der Waals surface area contributed by atoms with Crippen molar-refractivity contribution in [2.75, 3.05) is 6.61 Å². The molecule has 0 radical (unpaired) electrons. The standard InChI is InChI=1S/C15H20O3/c1-4-11(2)12(3)17-14-10-16-15(18-14)13-8-6-5-7-9-13/h4-9,11-12,14-15H,1,10H2,2-3H3/t11-,12-,14-,15?/m1/s1. The zero-order valence-electron chi connectivity index (χ0n) is 10.9. The summed E-state index contributed by atoms with van der Waals surface area (Å²) in [5.74, 6) is 0.296. The zero-order valence-corrected chi connectivity index (χ0v) is 10.9. The number of benzene rings is 1. The van der Waals surface area contributed by atoms with Gasteiger partial charge in [-0.05, 0) is 12.8 Å². The Hall–Kier alpha value is -1.16. The second-order valence-corrected chi connectivity index (χ2v) is 4.58. The summed E-state index contributed by atoms with van der Waals surface area (Å²) >= 11 is 0. The molecular weight excluding hydrogens is 228 g/mol. The highest BCUT2D eigenvalue weighted by Gasteiger charge is 2.29. The van der Waals surface area contributed by atoms with Crippen molar-refractivity contribution in [1.82, 2.24) is 0 Å². The van der Waals surface area contributed by atoms with E-state index in [0.717, 1.165) is 5.56 Å². The minimum Gasteiger partial charge on any atom is -0.347 e. The third kappa shape index (κ3) is 3.19. The molecule has 1 heterocycles. The Kier molecular flexibility index (Phi) is 4.53. The van der Waals surface area contributed by atoms with Gasteiger partial charge in [-0.1, -0.05) is 43.3 Å². The molecule has 1 aromatic rings. The highest BCUT2D eigenvalue weighted by atomic mass is 16.8. The molecule has 0 bridgehead atoms. The summed E-state index contributed by atoms with van der Waals surface area (Å²) in [5, 5.41) is 0. The van der Waals surface area contributed by atoms with E-state index in [4.69, 9.17) is 14.2 Å². The van der Waals surface area contributed by atoms with E-state index in [1.165, 1.54) is 0 Å². The highest BCUT2D eigenvalue weighted by molar-refractivity contribution is 5.16. The fourth-order valence-corrected chi connectivity index (χ4v) is 1.79. The van der Waals surface area contributed by atoms with Crippen LogP contribution in [0.1, 0.15) is 25.7 Å². The maximum absolute atomic E-state index is 5.80. The van der Waals surface area contributed by atoms with E-state index in [1.807, 2.05) is 43.3 Å². The van der Waals surface area contributed by atoms with Crippen molar-refractivity contribution >= 4 is 0 Å². The monoisotopic (exact) mass is 248 g/mol. The predicted octanol–water partition coefficient (Wildman–Crippen LogP) is 3.29. The molecule has 0 aliphatic carbocycles. The first-order valence-electron chi connectivity index (χ1n) is 6.30.